The van der Waals surface area contributed by atoms with Crippen molar-refractivity contribution in [3.05, 3.63) is 48.0 Å². The molecule has 0 saturated carbocycles. The highest BCUT2D eigenvalue weighted by atomic mass is 32.2. The molecular formula is C18H19N3O4S. The Morgan fingerprint density at radius 1 is 1.04 bits per heavy atom. The van der Waals surface area contributed by atoms with Gasteiger partial charge in [-0.3, -0.25) is 9.59 Å². The van der Waals surface area contributed by atoms with Gasteiger partial charge in [-0.2, -0.15) is 5.10 Å². The molecule has 136 valence electrons. The number of nitrogens with one attached hydrogen (secondary N) is 2. The van der Waals surface area contributed by atoms with Gasteiger partial charge in [-0.1, -0.05) is 12.1 Å². The van der Waals surface area contributed by atoms with Crippen LogP contribution >= 0.6 is 11.8 Å². The normalized spacial score (nSPS) is 10.4. The van der Waals surface area contributed by atoms with Gasteiger partial charge in [0.15, 0.2) is 0 Å². The second-order valence-electron chi connectivity index (χ2n) is 4.99. The van der Waals surface area contributed by atoms with E-state index < -0.39 is 11.8 Å². The Morgan fingerprint density at radius 3 is 2.38 bits per heavy atom. The van der Waals surface area contributed by atoms with Crippen LogP contribution in [0.5, 0.6) is 11.5 Å². The zero-order valence-corrected chi connectivity index (χ0v) is 15.4. The van der Waals surface area contributed by atoms with Crippen LogP contribution in [0.4, 0.5) is 5.69 Å². The van der Waals surface area contributed by atoms with Crippen LogP contribution in [0.15, 0.2) is 52.5 Å². The van der Waals surface area contributed by atoms with Crippen LogP contribution in [-0.2, 0) is 9.59 Å². The number of methoxy groups -OCH3 is 2. The van der Waals surface area contributed by atoms with Gasteiger partial charge in [0.2, 0.25) is 0 Å². The third-order valence-corrected chi connectivity index (χ3v) is 4.10. The molecule has 2 amide bonds. The van der Waals surface area contributed by atoms with Crippen molar-refractivity contribution in [2.45, 2.75) is 4.90 Å². The summed E-state index contributed by atoms with van der Waals surface area (Å²) in [6.45, 7) is 0. The monoisotopic (exact) mass is 373 g/mol. The zero-order valence-electron chi connectivity index (χ0n) is 14.6. The molecule has 0 aromatic heterocycles. The average Bonchev–Trinajstić information content (AvgIpc) is 2.68. The quantitative estimate of drug-likeness (QED) is 0.352. The highest BCUT2D eigenvalue weighted by Crippen LogP contribution is 2.28. The molecule has 0 heterocycles. The minimum Gasteiger partial charge on any atom is -0.497 e. The number of thioether (sulfide) groups is 1. The molecule has 0 aliphatic carbocycles. The third kappa shape index (κ3) is 5.25. The average molecular weight is 373 g/mol. The maximum atomic E-state index is 12.0. The molecule has 0 unspecified atom stereocenters. The number of hydrazone groups is 1. The van der Waals surface area contributed by atoms with Gasteiger partial charge in [-0.15, -0.1) is 11.8 Å². The molecule has 0 fully saturated rings. The maximum Gasteiger partial charge on any atom is 0.329 e. The molecule has 0 spiro atoms. The van der Waals surface area contributed by atoms with Gasteiger partial charge in [0, 0.05) is 11.0 Å². The highest BCUT2D eigenvalue weighted by molar-refractivity contribution is 7.98. The van der Waals surface area contributed by atoms with Gasteiger partial charge >= 0.3 is 11.8 Å². The summed E-state index contributed by atoms with van der Waals surface area (Å²) in [7, 11) is 2.96. The van der Waals surface area contributed by atoms with E-state index in [1.54, 1.807) is 30.0 Å². The number of benzene rings is 2. The van der Waals surface area contributed by atoms with Gasteiger partial charge in [0.05, 0.1) is 26.1 Å². The van der Waals surface area contributed by atoms with Crippen LogP contribution in [0, 0.1) is 0 Å². The Hall–Kier alpha value is -3.00. The second kappa shape index (κ2) is 9.47. The number of nitrogens with zero attached hydrogens (tertiary/aromatic N) is 1. The SMILES string of the molecule is COc1ccc(OC)c(NC(=O)C(=O)N/N=C\c2ccc(SC)cc2)c1. The van der Waals surface area contributed by atoms with Gasteiger partial charge in [-0.25, -0.2) is 5.43 Å². The van der Waals surface area contributed by atoms with E-state index >= 15 is 0 Å². The molecule has 0 saturated heterocycles. The van der Waals surface area contributed by atoms with Gasteiger partial charge in [-0.05, 0) is 36.1 Å². The van der Waals surface area contributed by atoms with E-state index in [1.807, 2.05) is 30.5 Å². The van der Waals surface area contributed by atoms with Crippen LogP contribution in [0.2, 0.25) is 0 Å². The number of anilines is 1. The Kier molecular flexibility index (Phi) is 7.04. The molecule has 8 heteroatoms. The van der Waals surface area contributed by atoms with Crippen LogP contribution < -0.4 is 20.2 Å². The van der Waals surface area contributed by atoms with Crippen molar-refractivity contribution in [3.8, 4) is 11.5 Å². The number of amides is 2. The van der Waals surface area contributed by atoms with Crippen LogP contribution in [0.1, 0.15) is 5.56 Å². The lowest BCUT2D eigenvalue weighted by Crippen LogP contribution is -2.32. The van der Waals surface area contributed by atoms with Gasteiger partial charge in [0.25, 0.3) is 0 Å². The minimum atomic E-state index is -0.896. The summed E-state index contributed by atoms with van der Waals surface area (Å²) in [6.07, 6.45) is 3.45. The highest BCUT2D eigenvalue weighted by Gasteiger charge is 2.16. The number of carbonyl (C=O) groups excluding carboxylic acids is 2. The second-order valence-corrected chi connectivity index (χ2v) is 5.87. The van der Waals surface area contributed by atoms with Crippen molar-refractivity contribution in [2.24, 2.45) is 5.10 Å². The number of ether oxygens (including phenoxy) is 2. The molecule has 0 atom stereocenters. The number of hydrogen-bond donors (Lipinski definition) is 2. The predicted molar refractivity (Wildman–Crippen MR) is 102 cm³/mol. The Balaban J connectivity index is 1.97. The molecule has 0 radical (unpaired) electrons. The number of carbonyl (C=O) groups is 2. The predicted octanol–water partition coefficient (Wildman–Crippen LogP) is 2.51. The topological polar surface area (TPSA) is 89.0 Å². The molecule has 26 heavy (non-hydrogen) atoms. The van der Waals surface area contributed by atoms with Crippen molar-refractivity contribution < 1.29 is 19.1 Å². The number of hydrogen-bond acceptors (Lipinski definition) is 6. The van der Waals surface area contributed by atoms with Crippen molar-refractivity contribution in [1.82, 2.24) is 5.43 Å². The van der Waals surface area contributed by atoms with E-state index in [0.29, 0.717) is 17.2 Å². The van der Waals surface area contributed by atoms with E-state index in [0.717, 1.165) is 10.5 Å². The molecular weight excluding hydrogens is 354 g/mol. The van der Waals surface area contributed by atoms with Gasteiger partial charge < -0.3 is 14.8 Å². The lowest BCUT2D eigenvalue weighted by Gasteiger charge is -2.11. The fourth-order valence-electron chi connectivity index (χ4n) is 2.00. The van der Waals surface area contributed by atoms with Crippen LogP contribution in [0.3, 0.4) is 0 Å². The summed E-state index contributed by atoms with van der Waals surface area (Å²) in [5, 5.41) is 6.25. The largest absolute Gasteiger partial charge is 0.497 e. The molecule has 2 N–H and O–H groups in total. The van der Waals surface area contributed by atoms with E-state index in [9.17, 15) is 9.59 Å². The first kappa shape index (κ1) is 19.3. The Labute approximate surface area is 155 Å². The van der Waals surface area contributed by atoms with E-state index in [2.05, 4.69) is 15.8 Å². The van der Waals surface area contributed by atoms with Crippen molar-refractivity contribution in [1.29, 1.82) is 0 Å². The standard InChI is InChI=1S/C18H19N3O4S/c1-24-13-6-9-16(25-2)15(10-13)20-17(22)18(23)21-19-11-12-4-7-14(26-3)8-5-12/h4-11H,1-3H3,(H,20,22)(H,21,23)/b19-11-. The molecule has 2 aromatic rings. The van der Waals surface area contributed by atoms with E-state index in [-0.39, 0.29) is 0 Å². The third-order valence-electron chi connectivity index (χ3n) is 3.36. The molecule has 0 aliphatic heterocycles. The summed E-state index contributed by atoms with van der Waals surface area (Å²) >= 11 is 1.63. The van der Waals surface area contributed by atoms with Crippen molar-refractivity contribution >= 4 is 35.5 Å². The van der Waals surface area contributed by atoms with E-state index in [1.165, 1.54) is 20.4 Å². The van der Waals surface area contributed by atoms with Crippen LogP contribution in [0.25, 0.3) is 0 Å². The first-order valence-corrected chi connectivity index (χ1v) is 8.80. The Morgan fingerprint density at radius 2 is 1.77 bits per heavy atom. The summed E-state index contributed by atoms with van der Waals surface area (Å²) < 4.78 is 10.2. The summed E-state index contributed by atoms with van der Waals surface area (Å²) in [6, 6.07) is 12.5. The summed E-state index contributed by atoms with van der Waals surface area (Å²) in [5.74, 6) is -0.837. The Bertz CT molecular complexity index is 807. The smallest absolute Gasteiger partial charge is 0.329 e. The molecule has 2 rings (SSSR count). The minimum absolute atomic E-state index is 0.323. The fourth-order valence-corrected chi connectivity index (χ4v) is 2.41. The van der Waals surface area contributed by atoms with Gasteiger partial charge in [0.1, 0.15) is 11.5 Å². The van der Waals surface area contributed by atoms with Crippen molar-refractivity contribution in [3.63, 3.8) is 0 Å². The van der Waals surface area contributed by atoms with Crippen molar-refractivity contribution in [2.75, 3.05) is 25.8 Å². The molecule has 2 aromatic carbocycles. The lowest BCUT2D eigenvalue weighted by atomic mass is 10.2. The summed E-state index contributed by atoms with van der Waals surface area (Å²) in [5.41, 5.74) is 3.31. The summed E-state index contributed by atoms with van der Waals surface area (Å²) in [4.78, 5) is 25.0. The first-order valence-electron chi connectivity index (χ1n) is 7.58. The van der Waals surface area contributed by atoms with E-state index in [4.69, 9.17) is 9.47 Å². The lowest BCUT2D eigenvalue weighted by molar-refractivity contribution is -0.136. The molecule has 0 aliphatic rings. The van der Waals surface area contributed by atoms with Crippen LogP contribution in [-0.4, -0.2) is 38.5 Å². The molecule has 7 nitrogen and oxygen atoms in total. The first-order chi connectivity index (χ1) is 12.6. The maximum absolute atomic E-state index is 12.0. The zero-order chi connectivity index (χ0) is 18.9. The molecule has 0 bridgehead atoms. The fraction of sp³-hybridized carbons (Fsp3) is 0.167. The number of rotatable bonds is 6.